The number of halogens is 1. The zero-order valence-electron chi connectivity index (χ0n) is 19.4. The van der Waals surface area contributed by atoms with Crippen molar-refractivity contribution in [3.05, 3.63) is 101 Å². The Balaban J connectivity index is 1.25. The van der Waals surface area contributed by atoms with Crippen molar-refractivity contribution in [1.82, 2.24) is 5.43 Å². The quantitative estimate of drug-likeness (QED) is 0.125. The van der Waals surface area contributed by atoms with Gasteiger partial charge in [-0.2, -0.15) is 5.10 Å². The van der Waals surface area contributed by atoms with Gasteiger partial charge in [-0.25, -0.2) is 10.2 Å². The molecular weight excluding hydrogens is 524 g/mol. The molecule has 0 atom stereocenters. The van der Waals surface area contributed by atoms with Gasteiger partial charge < -0.3 is 14.2 Å². The fourth-order valence-corrected chi connectivity index (χ4v) is 3.93. The molecule has 4 rings (SSSR count). The smallest absolute Gasteiger partial charge is 0.343 e. The van der Waals surface area contributed by atoms with Crippen molar-refractivity contribution in [2.45, 2.75) is 6.92 Å². The topological polar surface area (TPSA) is 86.2 Å². The number of carbonyl (C=O) groups excluding carboxylic acids is 2. The molecule has 0 heterocycles. The summed E-state index contributed by atoms with van der Waals surface area (Å²) in [6.45, 7) is 2.26. The summed E-state index contributed by atoms with van der Waals surface area (Å²) in [5.41, 5.74) is 3.57. The summed E-state index contributed by atoms with van der Waals surface area (Å²) in [4.78, 5) is 24.4. The molecule has 8 heteroatoms. The van der Waals surface area contributed by atoms with E-state index in [0.717, 1.165) is 15.2 Å². The molecule has 1 amide bonds. The van der Waals surface area contributed by atoms with Gasteiger partial charge in [0.15, 0.2) is 6.61 Å². The van der Waals surface area contributed by atoms with Gasteiger partial charge in [0.1, 0.15) is 17.2 Å². The highest BCUT2D eigenvalue weighted by molar-refractivity contribution is 9.10. The molecule has 0 aliphatic heterocycles. The Labute approximate surface area is 216 Å². The van der Waals surface area contributed by atoms with Crippen molar-refractivity contribution in [2.24, 2.45) is 5.10 Å². The highest BCUT2D eigenvalue weighted by atomic mass is 79.9. The third-order valence-electron chi connectivity index (χ3n) is 5.08. The molecule has 0 aliphatic carbocycles. The summed E-state index contributed by atoms with van der Waals surface area (Å²) in [6, 6.07) is 25.1. The van der Waals surface area contributed by atoms with E-state index < -0.39 is 11.9 Å². The van der Waals surface area contributed by atoms with Crippen LogP contribution >= 0.6 is 15.9 Å². The number of hydrogen-bond acceptors (Lipinski definition) is 6. The maximum atomic E-state index is 12.3. The highest BCUT2D eigenvalue weighted by Crippen LogP contribution is 2.32. The van der Waals surface area contributed by atoms with Crippen LogP contribution in [0.25, 0.3) is 10.8 Å². The standard InChI is InChI=1S/C28H23BrN2O5/c1-2-34-22-14-9-21(10-15-22)28(33)36-23-12-7-19(8-13-23)17-30-31-26(32)18-35-25-16-11-20-5-3-4-6-24(20)27(25)29/h3-17H,2,18H2,1H3,(H,31,32)/b30-17-. The molecule has 0 aromatic heterocycles. The van der Waals surface area contributed by atoms with Crippen molar-refractivity contribution in [3.63, 3.8) is 0 Å². The van der Waals surface area contributed by atoms with Gasteiger partial charge >= 0.3 is 5.97 Å². The molecule has 0 spiro atoms. The number of carbonyl (C=O) groups is 2. The van der Waals surface area contributed by atoms with E-state index in [2.05, 4.69) is 26.5 Å². The predicted molar refractivity (Wildman–Crippen MR) is 142 cm³/mol. The highest BCUT2D eigenvalue weighted by Gasteiger charge is 2.10. The number of hydrazone groups is 1. The normalized spacial score (nSPS) is 10.8. The Bertz CT molecular complexity index is 1390. The Morgan fingerprint density at radius 2 is 1.61 bits per heavy atom. The lowest BCUT2D eigenvalue weighted by atomic mass is 10.1. The van der Waals surface area contributed by atoms with Crippen molar-refractivity contribution in [3.8, 4) is 17.2 Å². The third-order valence-corrected chi connectivity index (χ3v) is 5.90. The Morgan fingerprint density at radius 3 is 2.36 bits per heavy atom. The average molecular weight is 547 g/mol. The molecule has 1 N–H and O–H groups in total. The first-order valence-electron chi connectivity index (χ1n) is 11.2. The maximum Gasteiger partial charge on any atom is 0.343 e. The average Bonchev–Trinajstić information content (AvgIpc) is 2.90. The van der Waals surface area contributed by atoms with Crippen LogP contribution in [0.1, 0.15) is 22.8 Å². The van der Waals surface area contributed by atoms with E-state index >= 15 is 0 Å². The fourth-order valence-electron chi connectivity index (χ4n) is 3.32. The molecule has 4 aromatic rings. The summed E-state index contributed by atoms with van der Waals surface area (Å²) in [5, 5.41) is 6.03. The van der Waals surface area contributed by atoms with Gasteiger partial charge in [0.05, 0.1) is 22.9 Å². The Morgan fingerprint density at radius 1 is 0.889 bits per heavy atom. The van der Waals surface area contributed by atoms with E-state index in [0.29, 0.717) is 35.0 Å². The first-order valence-corrected chi connectivity index (χ1v) is 12.0. The van der Waals surface area contributed by atoms with E-state index in [9.17, 15) is 9.59 Å². The molecule has 0 saturated heterocycles. The molecule has 0 radical (unpaired) electrons. The first-order chi connectivity index (χ1) is 17.5. The lowest BCUT2D eigenvalue weighted by Gasteiger charge is -2.09. The predicted octanol–water partition coefficient (Wildman–Crippen LogP) is 5.75. The zero-order chi connectivity index (χ0) is 25.3. The monoisotopic (exact) mass is 546 g/mol. The molecule has 0 fully saturated rings. The molecule has 0 unspecified atom stereocenters. The minimum Gasteiger partial charge on any atom is -0.494 e. The molecule has 182 valence electrons. The van der Waals surface area contributed by atoms with Crippen LogP contribution in [0.4, 0.5) is 0 Å². The number of hydrogen-bond donors (Lipinski definition) is 1. The summed E-state index contributed by atoms with van der Waals surface area (Å²) < 4.78 is 17.2. The zero-order valence-corrected chi connectivity index (χ0v) is 21.0. The van der Waals surface area contributed by atoms with E-state index in [1.165, 1.54) is 6.21 Å². The van der Waals surface area contributed by atoms with Gasteiger partial charge in [-0.1, -0.05) is 30.3 Å². The summed E-state index contributed by atoms with van der Waals surface area (Å²) in [5.74, 6) is 0.794. The Hall–Kier alpha value is -4.17. The van der Waals surface area contributed by atoms with Gasteiger partial charge in [0.25, 0.3) is 5.91 Å². The number of amides is 1. The Kier molecular flexibility index (Phi) is 8.31. The van der Waals surface area contributed by atoms with Crippen LogP contribution in [0.15, 0.2) is 94.5 Å². The molecule has 0 aliphatic rings. The lowest BCUT2D eigenvalue weighted by Crippen LogP contribution is -2.24. The summed E-state index contributed by atoms with van der Waals surface area (Å²) in [6.07, 6.45) is 1.49. The van der Waals surface area contributed by atoms with Gasteiger partial charge in [-0.3, -0.25) is 4.79 Å². The summed E-state index contributed by atoms with van der Waals surface area (Å²) in [7, 11) is 0. The van der Waals surface area contributed by atoms with E-state index in [1.54, 1.807) is 48.5 Å². The van der Waals surface area contributed by atoms with Gasteiger partial charge in [0, 0.05) is 0 Å². The minimum atomic E-state index is -0.468. The van der Waals surface area contributed by atoms with Crippen molar-refractivity contribution < 1.29 is 23.8 Å². The van der Waals surface area contributed by atoms with Crippen molar-refractivity contribution in [2.75, 3.05) is 13.2 Å². The van der Waals surface area contributed by atoms with Crippen LogP contribution in [-0.4, -0.2) is 31.3 Å². The second kappa shape index (κ2) is 12.0. The number of benzene rings is 4. The van der Waals surface area contributed by atoms with Crippen LogP contribution in [0.3, 0.4) is 0 Å². The first kappa shape index (κ1) is 24.9. The SMILES string of the molecule is CCOc1ccc(C(=O)Oc2ccc(/C=N\NC(=O)COc3ccc4ccccc4c3Br)cc2)cc1. The summed E-state index contributed by atoms with van der Waals surface area (Å²) >= 11 is 3.53. The molecule has 7 nitrogen and oxygen atoms in total. The number of rotatable bonds is 9. The van der Waals surface area contributed by atoms with Gasteiger partial charge in [-0.05, 0) is 93.8 Å². The maximum absolute atomic E-state index is 12.3. The van der Waals surface area contributed by atoms with Crippen molar-refractivity contribution in [1.29, 1.82) is 0 Å². The van der Waals surface area contributed by atoms with Gasteiger partial charge in [0.2, 0.25) is 0 Å². The van der Waals surface area contributed by atoms with Crippen LogP contribution in [-0.2, 0) is 4.79 Å². The molecule has 0 bridgehead atoms. The van der Waals surface area contributed by atoms with E-state index in [-0.39, 0.29) is 6.61 Å². The van der Waals surface area contributed by atoms with Gasteiger partial charge in [-0.15, -0.1) is 0 Å². The number of ether oxygens (including phenoxy) is 3. The van der Waals surface area contributed by atoms with Crippen molar-refractivity contribution >= 4 is 44.8 Å². The second-order valence-electron chi connectivity index (χ2n) is 7.60. The third kappa shape index (κ3) is 6.49. The number of esters is 1. The largest absolute Gasteiger partial charge is 0.494 e. The molecule has 4 aromatic carbocycles. The van der Waals surface area contributed by atoms with E-state index in [4.69, 9.17) is 14.2 Å². The molecule has 0 saturated carbocycles. The van der Waals surface area contributed by atoms with Crippen LogP contribution in [0, 0.1) is 0 Å². The molecule has 36 heavy (non-hydrogen) atoms. The lowest BCUT2D eigenvalue weighted by molar-refractivity contribution is -0.123. The molecular formula is C28H23BrN2O5. The van der Waals surface area contributed by atoms with Crippen LogP contribution in [0.2, 0.25) is 0 Å². The number of nitrogens with one attached hydrogen (secondary N) is 1. The number of fused-ring (bicyclic) bond motifs is 1. The minimum absolute atomic E-state index is 0.186. The fraction of sp³-hybridized carbons (Fsp3) is 0.107. The van der Waals surface area contributed by atoms with Crippen LogP contribution < -0.4 is 19.6 Å². The number of nitrogens with zero attached hydrogens (tertiary/aromatic N) is 1. The second-order valence-corrected chi connectivity index (χ2v) is 8.39. The van der Waals surface area contributed by atoms with Crippen LogP contribution in [0.5, 0.6) is 17.2 Å². The van der Waals surface area contributed by atoms with E-state index in [1.807, 2.05) is 43.3 Å².